The Morgan fingerprint density at radius 3 is 2.50 bits per heavy atom. The van der Waals surface area contributed by atoms with Gasteiger partial charge in [0, 0.05) is 6.42 Å². The first-order chi connectivity index (χ1) is 10.6. The standard InChI is InChI=1S/C19H24O3/c1-5-7-8-9-14-22-19(20)18(15(3)4)16-10-12-17(13-11-16)21-6-2/h5,10-13,15,18H,1,6-7,14H2,2-4H3. The van der Waals surface area contributed by atoms with Crippen molar-refractivity contribution in [3.63, 3.8) is 0 Å². The Hall–Kier alpha value is -2.21. The fraction of sp³-hybridized carbons (Fsp3) is 0.421. The van der Waals surface area contributed by atoms with Crippen LogP contribution in [0, 0.1) is 17.8 Å². The monoisotopic (exact) mass is 300 g/mol. The van der Waals surface area contributed by atoms with E-state index in [1.54, 1.807) is 6.08 Å². The molecule has 0 aliphatic heterocycles. The van der Waals surface area contributed by atoms with Gasteiger partial charge in [0.15, 0.2) is 6.61 Å². The van der Waals surface area contributed by atoms with Gasteiger partial charge in [0.2, 0.25) is 0 Å². The van der Waals surface area contributed by atoms with E-state index in [4.69, 9.17) is 9.47 Å². The second-order valence-corrected chi connectivity index (χ2v) is 5.18. The van der Waals surface area contributed by atoms with Crippen LogP contribution in [0.5, 0.6) is 5.75 Å². The van der Waals surface area contributed by atoms with Crippen LogP contribution in [-0.2, 0) is 9.53 Å². The van der Waals surface area contributed by atoms with Gasteiger partial charge in [0.1, 0.15) is 5.75 Å². The number of esters is 1. The van der Waals surface area contributed by atoms with Crippen molar-refractivity contribution < 1.29 is 14.3 Å². The molecule has 0 heterocycles. The van der Waals surface area contributed by atoms with E-state index in [9.17, 15) is 4.79 Å². The summed E-state index contributed by atoms with van der Waals surface area (Å²) in [4.78, 5) is 12.3. The lowest BCUT2D eigenvalue weighted by Gasteiger charge is -2.19. The molecule has 1 aromatic carbocycles. The molecular weight excluding hydrogens is 276 g/mol. The average molecular weight is 300 g/mol. The molecule has 0 radical (unpaired) electrons. The molecule has 0 spiro atoms. The molecule has 0 aromatic heterocycles. The lowest BCUT2D eigenvalue weighted by atomic mass is 9.88. The molecule has 1 unspecified atom stereocenters. The molecule has 0 aliphatic rings. The lowest BCUT2D eigenvalue weighted by Crippen LogP contribution is -2.21. The smallest absolute Gasteiger partial charge is 0.314 e. The highest BCUT2D eigenvalue weighted by Crippen LogP contribution is 2.27. The normalized spacial score (nSPS) is 11.3. The Bertz CT molecular complexity index is 532. The van der Waals surface area contributed by atoms with E-state index in [-0.39, 0.29) is 24.4 Å². The molecule has 0 amide bonds. The highest BCUT2D eigenvalue weighted by molar-refractivity contribution is 5.78. The minimum absolute atomic E-state index is 0.118. The Labute approximate surface area is 133 Å². The van der Waals surface area contributed by atoms with Crippen LogP contribution in [-0.4, -0.2) is 19.2 Å². The number of rotatable bonds is 7. The van der Waals surface area contributed by atoms with Gasteiger partial charge in [-0.2, -0.15) is 0 Å². The van der Waals surface area contributed by atoms with Crippen LogP contribution < -0.4 is 4.74 Å². The molecule has 1 atom stereocenters. The van der Waals surface area contributed by atoms with Crippen molar-refractivity contribution in [2.24, 2.45) is 5.92 Å². The summed E-state index contributed by atoms with van der Waals surface area (Å²) in [7, 11) is 0. The third-order valence-electron chi connectivity index (χ3n) is 3.13. The van der Waals surface area contributed by atoms with E-state index in [2.05, 4.69) is 18.4 Å². The summed E-state index contributed by atoms with van der Waals surface area (Å²) >= 11 is 0. The predicted octanol–water partition coefficient (Wildman–Crippen LogP) is 3.95. The van der Waals surface area contributed by atoms with E-state index < -0.39 is 0 Å². The van der Waals surface area contributed by atoms with E-state index in [0.29, 0.717) is 13.0 Å². The Morgan fingerprint density at radius 2 is 1.95 bits per heavy atom. The zero-order valence-corrected chi connectivity index (χ0v) is 13.6. The van der Waals surface area contributed by atoms with Crippen LogP contribution >= 0.6 is 0 Å². The van der Waals surface area contributed by atoms with Gasteiger partial charge < -0.3 is 9.47 Å². The molecule has 0 saturated carbocycles. The second kappa shape index (κ2) is 9.68. The van der Waals surface area contributed by atoms with Crippen LogP contribution in [0.15, 0.2) is 36.9 Å². The predicted molar refractivity (Wildman–Crippen MR) is 88.7 cm³/mol. The molecule has 118 valence electrons. The van der Waals surface area contributed by atoms with E-state index in [1.165, 1.54) is 0 Å². The van der Waals surface area contributed by atoms with Gasteiger partial charge in [-0.1, -0.05) is 43.9 Å². The highest BCUT2D eigenvalue weighted by Gasteiger charge is 2.25. The summed E-state index contributed by atoms with van der Waals surface area (Å²) < 4.78 is 10.7. The van der Waals surface area contributed by atoms with Gasteiger partial charge in [-0.15, -0.1) is 6.58 Å². The molecule has 0 N–H and O–H groups in total. The molecule has 22 heavy (non-hydrogen) atoms. The van der Waals surface area contributed by atoms with Crippen molar-refractivity contribution in [2.75, 3.05) is 13.2 Å². The molecule has 0 bridgehead atoms. The van der Waals surface area contributed by atoms with Gasteiger partial charge in [-0.3, -0.25) is 4.79 Å². The van der Waals surface area contributed by atoms with Gasteiger partial charge >= 0.3 is 5.97 Å². The summed E-state index contributed by atoms with van der Waals surface area (Å²) in [6.45, 7) is 10.3. The van der Waals surface area contributed by atoms with Crippen LogP contribution in [0.1, 0.15) is 38.7 Å². The second-order valence-electron chi connectivity index (χ2n) is 5.18. The quantitative estimate of drug-likeness (QED) is 0.434. The summed E-state index contributed by atoms with van der Waals surface area (Å²) in [6, 6.07) is 7.59. The number of hydrogen-bond acceptors (Lipinski definition) is 3. The number of ether oxygens (including phenoxy) is 2. The van der Waals surface area contributed by atoms with E-state index in [0.717, 1.165) is 11.3 Å². The maximum atomic E-state index is 12.3. The lowest BCUT2D eigenvalue weighted by molar-refractivity contribution is -0.145. The SMILES string of the molecule is C=CCC#CCOC(=O)C(c1ccc(OCC)cc1)C(C)C. The summed E-state index contributed by atoms with van der Waals surface area (Å²) in [5, 5.41) is 0. The number of allylic oxidation sites excluding steroid dienone is 1. The first kappa shape index (κ1) is 17.8. The fourth-order valence-corrected chi connectivity index (χ4v) is 2.12. The maximum absolute atomic E-state index is 12.3. The minimum Gasteiger partial charge on any atom is -0.494 e. The summed E-state index contributed by atoms with van der Waals surface area (Å²) in [5.41, 5.74) is 0.933. The first-order valence-electron chi connectivity index (χ1n) is 7.56. The van der Waals surface area contributed by atoms with Crippen molar-refractivity contribution >= 4 is 5.97 Å². The topological polar surface area (TPSA) is 35.5 Å². The molecule has 1 rings (SSSR count). The van der Waals surface area contributed by atoms with Gasteiger partial charge in [-0.05, 0) is 30.5 Å². The third-order valence-corrected chi connectivity index (χ3v) is 3.13. The number of carbonyl (C=O) groups excluding carboxylic acids is 1. The molecule has 1 aromatic rings. The van der Waals surface area contributed by atoms with E-state index >= 15 is 0 Å². The molecule has 0 fully saturated rings. The van der Waals surface area contributed by atoms with Crippen molar-refractivity contribution in [2.45, 2.75) is 33.1 Å². The van der Waals surface area contributed by atoms with Gasteiger partial charge in [0.05, 0.1) is 12.5 Å². The number of carbonyl (C=O) groups is 1. The van der Waals surface area contributed by atoms with Crippen molar-refractivity contribution in [3.05, 3.63) is 42.5 Å². The Kier molecular flexibility index (Phi) is 7.85. The molecule has 3 heteroatoms. The molecule has 0 saturated heterocycles. The molecule has 3 nitrogen and oxygen atoms in total. The molecular formula is C19H24O3. The Balaban J connectivity index is 2.74. The van der Waals surface area contributed by atoms with Crippen LogP contribution in [0.4, 0.5) is 0 Å². The fourth-order valence-electron chi connectivity index (χ4n) is 2.12. The van der Waals surface area contributed by atoms with Crippen molar-refractivity contribution in [3.8, 4) is 17.6 Å². The number of hydrogen-bond donors (Lipinski definition) is 0. The van der Waals surface area contributed by atoms with E-state index in [1.807, 2.05) is 45.0 Å². The van der Waals surface area contributed by atoms with Crippen LogP contribution in [0.2, 0.25) is 0 Å². The maximum Gasteiger partial charge on any atom is 0.314 e. The van der Waals surface area contributed by atoms with Crippen LogP contribution in [0.3, 0.4) is 0 Å². The highest BCUT2D eigenvalue weighted by atomic mass is 16.5. The minimum atomic E-state index is -0.295. The largest absolute Gasteiger partial charge is 0.494 e. The number of benzene rings is 1. The molecule has 0 aliphatic carbocycles. The van der Waals surface area contributed by atoms with Crippen LogP contribution in [0.25, 0.3) is 0 Å². The summed E-state index contributed by atoms with van der Waals surface area (Å²) in [6.07, 6.45) is 2.32. The van der Waals surface area contributed by atoms with Crippen molar-refractivity contribution in [1.29, 1.82) is 0 Å². The zero-order chi connectivity index (χ0) is 16.4. The van der Waals surface area contributed by atoms with Crippen molar-refractivity contribution in [1.82, 2.24) is 0 Å². The first-order valence-corrected chi connectivity index (χ1v) is 7.56. The Morgan fingerprint density at radius 1 is 1.27 bits per heavy atom. The zero-order valence-electron chi connectivity index (χ0n) is 13.6. The van der Waals surface area contributed by atoms with Gasteiger partial charge in [0.25, 0.3) is 0 Å². The van der Waals surface area contributed by atoms with Gasteiger partial charge in [-0.25, -0.2) is 0 Å². The third kappa shape index (κ3) is 5.65. The summed E-state index contributed by atoms with van der Waals surface area (Å²) in [5.74, 6) is 6.07. The average Bonchev–Trinajstić information content (AvgIpc) is 2.49.